The maximum absolute atomic E-state index is 13.0. The van der Waals surface area contributed by atoms with Crippen molar-refractivity contribution in [2.45, 2.75) is 51.5 Å². The van der Waals surface area contributed by atoms with E-state index in [1.807, 2.05) is 29.2 Å². The van der Waals surface area contributed by atoms with Gasteiger partial charge in [0.2, 0.25) is 5.91 Å². The Morgan fingerprint density at radius 1 is 1.04 bits per heavy atom. The zero-order valence-electron chi connectivity index (χ0n) is 15.0. The highest BCUT2D eigenvalue weighted by atomic mass is 16.2. The smallest absolute Gasteiger partial charge is 0.253 e. The molecule has 1 saturated carbocycles. The van der Waals surface area contributed by atoms with Crippen LogP contribution in [0, 0.1) is 11.8 Å². The molecule has 134 valence electrons. The molecule has 1 aromatic carbocycles. The Kier molecular flexibility index (Phi) is 4.78. The monoisotopic (exact) mass is 340 g/mol. The van der Waals surface area contributed by atoms with E-state index in [0.29, 0.717) is 18.9 Å². The molecule has 1 aromatic rings. The minimum absolute atomic E-state index is 0.165. The number of piperidine rings is 1. The fourth-order valence-corrected chi connectivity index (χ4v) is 4.86. The van der Waals surface area contributed by atoms with Crippen LogP contribution in [0.2, 0.25) is 0 Å². The minimum atomic E-state index is 0.165. The molecule has 0 bridgehead atoms. The largest absolute Gasteiger partial charge is 0.338 e. The number of benzene rings is 1. The molecule has 2 aliphatic heterocycles. The predicted octanol–water partition coefficient (Wildman–Crippen LogP) is 3.46. The lowest BCUT2D eigenvalue weighted by atomic mass is 9.75. The van der Waals surface area contributed by atoms with Crippen molar-refractivity contribution in [3.63, 3.8) is 0 Å². The Hall–Kier alpha value is -1.84. The van der Waals surface area contributed by atoms with Gasteiger partial charge in [0.05, 0.1) is 0 Å². The standard InChI is InChI=1S/C21H28N2O2/c24-20-9-4-11-22(20)14-16-5-3-8-18(13-16)21(25)23-12-10-17-6-1-2-7-19(17)15-23/h3,5,8,13,17,19H,1-2,4,6-7,9-12,14-15H2/t17-,19+/m1/s1. The quantitative estimate of drug-likeness (QED) is 0.845. The molecule has 3 aliphatic rings. The molecule has 4 heteroatoms. The van der Waals surface area contributed by atoms with E-state index in [2.05, 4.69) is 4.90 Å². The summed E-state index contributed by atoms with van der Waals surface area (Å²) in [6.07, 6.45) is 8.10. The number of hydrogen-bond acceptors (Lipinski definition) is 2. The Morgan fingerprint density at radius 3 is 2.68 bits per heavy atom. The first kappa shape index (κ1) is 16.6. The van der Waals surface area contributed by atoms with E-state index in [4.69, 9.17) is 0 Å². The highest BCUT2D eigenvalue weighted by molar-refractivity contribution is 5.94. The van der Waals surface area contributed by atoms with E-state index in [0.717, 1.165) is 43.1 Å². The molecule has 0 spiro atoms. The van der Waals surface area contributed by atoms with E-state index in [1.165, 1.54) is 32.1 Å². The second-order valence-electron chi connectivity index (χ2n) is 7.96. The first-order chi connectivity index (χ1) is 12.2. The van der Waals surface area contributed by atoms with Gasteiger partial charge in [-0.15, -0.1) is 0 Å². The number of fused-ring (bicyclic) bond motifs is 1. The van der Waals surface area contributed by atoms with Crippen LogP contribution in [0.5, 0.6) is 0 Å². The number of rotatable bonds is 3. The Morgan fingerprint density at radius 2 is 1.88 bits per heavy atom. The van der Waals surface area contributed by atoms with Gasteiger partial charge in [0.1, 0.15) is 0 Å². The zero-order chi connectivity index (χ0) is 17.2. The lowest BCUT2D eigenvalue weighted by Gasteiger charge is -2.41. The fraction of sp³-hybridized carbons (Fsp3) is 0.619. The first-order valence-corrected chi connectivity index (χ1v) is 9.87. The van der Waals surface area contributed by atoms with Gasteiger partial charge in [-0.2, -0.15) is 0 Å². The number of likely N-dealkylation sites (tertiary alicyclic amines) is 2. The van der Waals surface area contributed by atoms with Gasteiger partial charge >= 0.3 is 0 Å². The molecule has 0 unspecified atom stereocenters. The van der Waals surface area contributed by atoms with Crippen molar-refractivity contribution in [2.24, 2.45) is 11.8 Å². The van der Waals surface area contributed by atoms with Gasteiger partial charge in [-0.1, -0.05) is 31.4 Å². The summed E-state index contributed by atoms with van der Waals surface area (Å²) in [5.41, 5.74) is 1.84. The Balaban J connectivity index is 1.43. The van der Waals surface area contributed by atoms with Crippen LogP contribution in [0.25, 0.3) is 0 Å². The van der Waals surface area contributed by atoms with Crippen molar-refractivity contribution in [2.75, 3.05) is 19.6 Å². The van der Waals surface area contributed by atoms with Crippen molar-refractivity contribution in [3.05, 3.63) is 35.4 Å². The zero-order valence-corrected chi connectivity index (χ0v) is 15.0. The number of carbonyl (C=O) groups excluding carboxylic acids is 2. The van der Waals surface area contributed by atoms with Crippen LogP contribution in [-0.4, -0.2) is 41.2 Å². The van der Waals surface area contributed by atoms with Crippen molar-refractivity contribution in [3.8, 4) is 0 Å². The van der Waals surface area contributed by atoms with Gasteiger partial charge in [0.25, 0.3) is 5.91 Å². The summed E-state index contributed by atoms with van der Waals surface area (Å²) in [4.78, 5) is 28.8. The third-order valence-corrected chi connectivity index (χ3v) is 6.30. The van der Waals surface area contributed by atoms with Crippen LogP contribution in [0.4, 0.5) is 0 Å². The van der Waals surface area contributed by atoms with Gasteiger partial charge in [0.15, 0.2) is 0 Å². The van der Waals surface area contributed by atoms with Crippen LogP contribution in [0.3, 0.4) is 0 Å². The third kappa shape index (κ3) is 3.58. The number of carbonyl (C=O) groups is 2. The van der Waals surface area contributed by atoms with Gasteiger partial charge in [-0.05, 0) is 48.8 Å². The number of nitrogens with zero attached hydrogens (tertiary/aromatic N) is 2. The molecule has 2 amide bonds. The van der Waals surface area contributed by atoms with E-state index >= 15 is 0 Å². The normalized spacial score (nSPS) is 26.6. The summed E-state index contributed by atoms with van der Waals surface area (Å²) in [7, 11) is 0. The summed E-state index contributed by atoms with van der Waals surface area (Å²) in [6.45, 7) is 3.30. The Labute approximate surface area is 150 Å². The van der Waals surface area contributed by atoms with Gasteiger partial charge in [0, 0.05) is 38.2 Å². The Bertz CT molecular complexity index is 657. The van der Waals surface area contributed by atoms with Crippen LogP contribution >= 0.6 is 0 Å². The third-order valence-electron chi connectivity index (χ3n) is 6.30. The lowest BCUT2D eigenvalue weighted by Crippen LogP contribution is -2.44. The molecule has 1 aliphatic carbocycles. The van der Waals surface area contributed by atoms with E-state index < -0.39 is 0 Å². The van der Waals surface area contributed by atoms with Crippen molar-refractivity contribution in [1.29, 1.82) is 0 Å². The van der Waals surface area contributed by atoms with Crippen molar-refractivity contribution >= 4 is 11.8 Å². The maximum Gasteiger partial charge on any atom is 0.253 e. The van der Waals surface area contributed by atoms with Gasteiger partial charge in [-0.3, -0.25) is 9.59 Å². The number of hydrogen-bond donors (Lipinski definition) is 0. The second-order valence-corrected chi connectivity index (χ2v) is 7.96. The second kappa shape index (κ2) is 7.19. The molecule has 25 heavy (non-hydrogen) atoms. The van der Waals surface area contributed by atoms with E-state index in [1.54, 1.807) is 0 Å². The highest BCUT2D eigenvalue weighted by Crippen LogP contribution is 2.36. The van der Waals surface area contributed by atoms with E-state index in [9.17, 15) is 9.59 Å². The topological polar surface area (TPSA) is 40.6 Å². The minimum Gasteiger partial charge on any atom is -0.338 e. The molecule has 2 heterocycles. The summed E-state index contributed by atoms with van der Waals surface area (Å²) in [5.74, 6) is 1.94. The average Bonchev–Trinajstić information content (AvgIpc) is 3.05. The molecule has 0 aromatic heterocycles. The molecule has 2 atom stereocenters. The summed E-state index contributed by atoms with van der Waals surface area (Å²) in [5, 5.41) is 0. The van der Waals surface area contributed by atoms with Crippen LogP contribution < -0.4 is 0 Å². The molecular weight excluding hydrogens is 312 g/mol. The molecule has 4 nitrogen and oxygen atoms in total. The maximum atomic E-state index is 13.0. The van der Waals surface area contributed by atoms with Crippen LogP contribution in [0.15, 0.2) is 24.3 Å². The fourth-order valence-electron chi connectivity index (χ4n) is 4.86. The SMILES string of the molecule is O=C1CCCN1Cc1cccc(C(=O)N2CC[C@H]3CCCC[C@H]3C2)c1. The van der Waals surface area contributed by atoms with E-state index in [-0.39, 0.29) is 11.8 Å². The molecule has 0 radical (unpaired) electrons. The van der Waals surface area contributed by atoms with Gasteiger partial charge < -0.3 is 9.80 Å². The molecule has 4 rings (SSSR count). The lowest BCUT2D eigenvalue weighted by molar-refractivity contribution is -0.128. The van der Waals surface area contributed by atoms with Crippen molar-refractivity contribution < 1.29 is 9.59 Å². The predicted molar refractivity (Wildman–Crippen MR) is 97.1 cm³/mol. The number of amides is 2. The average molecular weight is 340 g/mol. The molecule has 0 N–H and O–H groups in total. The van der Waals surface area contributed by atoms with Crippen LogP contribution in [0.1, 0.15) is 60.9 Å². The first-order valence-electron chi connectivity index (χ1n) is 9.87. The van der Waals surface area contributed by atoms with Gasteiger partial charge in [-0.25, -0.2) is 0 Å². The van der Waals surface area contributed by atoms with Crippen molar-refractivity contribution in [1.82, 2.24) is 9.80 Å². The van der Waals surface area contributed by atoms with Crippen LogP contribution in [-0.2, 0) is 11.3 Å². The summed E-state index contributed by atoms with van der Waals surface area (Å²) < 4.78 is 0. The summed E-state index contributed by atoms with van der Waals surface area (Å²) >= 11 is 0. The summed E-state index contributed by atoms with van der Waals surface area (Å²) in [6, 6.07) is 7.89. The molecule has 3 fully saturated rings. The molecular formula is C21H28N2O2. The highest BCUT2D eigenvalue weighted by Gasteiger charge is 2.33. The molecule has 2 saturated heterocycles.